The van der Waals surface area contributed by atoms with Crippen molar-refractivity contribution in [1.29, 1.82) is 0 Å². The Labute approximate surface area is 172 Å². The van der Waals surface area contributed by atoms with Crippen LogP contribution in [0.2, 0.25) is 5.02 Å². The molecule has 1 aromatic heterocycles. The Kier molecular flexibility index (Phi) is 6.39. The van der Waals surface area contributed by atoms with Gasteiger partial charge in [-0.15, -0.1) is 11.3 Å². The highest BCUT2D eigenvalue weighted by atomic mass is 35.5. The fourth-order valence-electron chi connectivity index (χ4n) is 2.75. The Hall–Kier alpha value is -1.94. The molecule has 2 N–H and O–H groups in total. The van der Waals surface area contributed by atoms with Gasteiger partial charge in [0, 0.05) is 6.54 Å². The van der Waals surface area contributed by atoms with Crippen molar-refractivity contribution >= 4 is 49.6 Å². The molecular formula is C18H19ClN2O5S2. The van der Waals surface area contributed by atoms with Crippen molar-refractivity contribution in [2.45, 2.75) is 13.0 Å². The van der Waals surface area contributed by atoms with E-state index < -0.39 is 15.9 Å². The number of ether oxygens (including phenoxy) is 1. The summed E-state index contributed by atoms with van der Waals surface area (Å²) in [5, 5.41) is 6.30. The summed E-state index contributed by atoms with van der Waals surface area (Å²) in [5.74, 6) is -0.793. The maximum atomic E-state index is 12.5. The minimum Gasteiger partial charge on any atom is -0.374 e. The summed E-state index contributed by atoms with van der Waals surface area (Å²) < 4.78 is 28.7. The molecule has 10 heteroatoms. The van der Waals surface area contributed by atoms with Gasteiger partial charge in [0.2, 0.25) is 0 Å². The molecule has 1 aromatic carbocycles. The van der Waals surface area contributed by atoms with Crippen molar-refractivity contribution in [3.05, 3.63) is 51.4 Å². The molecule has 1 aliphatic rings. The van der Waals surface area contributed by atoms with Gasteiger partial charge in [-0.05, 0) is 30.7 Å². The van der Waals surface area contributed by atoms with Gasteiger partial charge in [0.05, 0.1) is 44.7 Å². The molecule has 150 valence electrons. The van der Waals surface area contributed by atoms with Crippen LogP contribution >= 0.6 is 22.9 Å². The number of halogens is 1. The van der Waals surface area contributed by atoms with Gasteiger partial charge in [-0.2, -0.15) is 0 Å². The predicted molar refractivity (Wildman–Crippen MR) is 109 cm³/mol. The molecule has 1 aliphatic heterocycles. The first-order valence-corrected chi connectivity index (χ1v) is 11.5. The second-order valence-corrected chi connectivity index (χ2v) is 10.1. The summed E-state index contributed by atoms with van der Waals surface area (Å²) in [6.45, 7) is 2.01. The average Bonchev–Trinajstić information content (AvgIpc) is 2.99. The number of benzene rings is 1. The lowest BCUT2D eigenvalue weighted by atomic mass is 10.2. The number of nitrogens with one attached hydrogen (secondary N) is 2. The highest BCUT2D eigenvalue weighted by molar-refractivity contribution is 7.91. The van der Waals surface area contributed by atoms with Gasteiger partial charge in [0.15, 0.2) is 9.84 Å². The Balaban J connectivity index is 1.62. The fraction of sp³-hybridized carbons (Fsp3) is 0.333. The third kappa shape index (κ3) is 5.11. The minimum atomic E-state index is -3.12. The van der Waals surface area contributed by atoms with E-state index in [0.29, 0.717) is 26.0 Å². The maximum absolute atomic E-state index is 12.5. The van der Waals surface area contributed by atoms with Gasteiger partial charge >= 0.3 is 0 Å². The third-order valence-corrected chi connectivity index (χ3v) is 7.31. The number of aryl methyl sites for hydroxylation is 1. The molecule has 1 fully saturated rings. The van der Waals surface area contributed by atoms with E-state index in [0.717, 1.165) is 11.3 Å². The average molecular weight is 443 g/mol. The van der Waals surface area contributed by atoms with Crippen molar-refractivity contribution in [3.63, 3.8) is 0 Å². The van der Waals surface area contributed by atoms with Crippen molar-refractivity contribution in [3.8, 4) is 0 Å². The van der Waals surface area contributed by atoms with Crippen molar-refractivity contribution in [2.75, 3.05) is 30.0 Å². The summed E-state index contributed by atoms with van der Waals surface area (Å²) in [6.07, 6.45) is -0.553. The van der Waals surface area contributed by atoms with E-state index in [1.165, 1.54) is 0 Å². The monoisotopic (exact) mass is 442 g/mol. The number of rotatable bonds is 5. The Morgan fingerprint density at radius 2 is 2.04 bits per heavy atom. The molecular weight excluding hydrogens is 424 g/mol. The molecule has 3 rings (SSSR count). The van der Waals surface area contributed by atoms with Crippen LogP contribution in [0.15, 0.2) is 30.3 Å². The predicted octanol–water partition coefficient (Wildman–Crippen LogP) is 2.51. The zero-order chi connectivity index (χ0) is 20.3. The van der Waals surface area contributed by atoms with Crippen LogP contribution in [0.4, 0.5) is 5.00 Å². The van der Waals surface area contributed by atoms with Gasteiger partial charge in [0.25, 0.3) is 11.8 Å². The fourth-order valence-corrected chi connectivity index (χ4v) is 5.26. The number of hydrogen-bond donors (Lipinski definition) is 2. The van der Waals surface area contributed by atoms with Gasteiger partial charge in [-0.3, -0.25) is 9.59 Å². The minimum absolute atomic E-state index is 0.00989. The van der Waals surface area contributed by atoms with E-state index in [9.17, 15) is 18.0 Å². The maximum Gasteiger partial charge on any atom is 0.261 e. The number of anilines is 1. The lowest BCUT2D eigenvalue weighted by molar-refractivity contribution is 0.0663. The van der Waals surface area contributed by atoms with E-state index in [1.807, 2.05) is 0 Å². The third-order valence-electron chi connectivity index (χ3n) is 4.16. The molecule has 1 atom stereocenters. The molecule has 1 saturated heterocycles. The highest BCUT2D eigenvalue weighted by Gasteiger charge is 2.26. The van der Waals surface area contributed by atoms with Crippen LogP contribution in [0, 0.1) is 6.92 Å². The van der Waals surface area contributed by atoms with Crippen LogP contribution < -0.4 is 10.6 Å². The summed E-state index contributed by atoms with van der Waals surface area (Å²) in [4.78, 5) is 25.2. The first-order valence-electron chi connectivity index (χ1n) is 8.52. The summed E-state index contributed by atoms with van der Waals surface area (Å²) in [5.41, 5.74) is 1.05. The Morgan fingerprint density at radius 1 is 1.29 bits per heavy atom. The molecule has 0 saturated carbocycles. The molecule has 2 heterocycles. The molecule has 7 nitrogen and oxygen atoms in total. The van der Waals surface area contributed by atoms with Gasteiger partial charge in [-0.25, -0.2) is 8.42 Å². The molecule has 0 unspecified atom stereocenters. The van der Waals surface area contributed by atoms with E-state index in [-0.39, 0.29) is 36.5 Å². The normalized spacial score (nSPS) is 18.4. The number of thiophene rings is 1. The number of amides is 2. The topological polar surface area (TPSA) is 102 Å². The molecule has 0 bridgehead atoms. The molecule has 0 radical (unpaired) electrons. The molecule has 2 aromatic rings. The number of hydrogen-bond acceptors (Lipinski definition) is 6. The smallest absolute Gasteiger partial charge is 0.261 e. The number of carbonyl (C=O) groups excluding carboxylic acids is 2. The summed E-state index contributed by atoms with van der Waals surface area (Å²) >= 11 is 7.17. The van der Waals surface area contributed by atoms with E-state index in [4.69, 9.17) is 16.3 Å². The second-order valence-electron chi connectivity index (χ2n) is 6.37. The van der Waals surface area contributed by atoms with Crippen LogP contribution in [-0.2, 0) is 14.6 Å². The van der Waals surface area contributed by atoms with Crippen molar-refractivity contribution < 1.29 is 22.7 Å². The summed E-state index contributed by atoms with van der Waals surface area (Å²) in [6, 6.07) is 8.40. The highest BCUT2D eigenvalue weighted by Crippen LogP contribution is 2.28. The zero-order valence-corrected chi connectivity index (χ0v) is 17.4. The van der Waals surface area contributed by atoms with Crippen molar-refractivity contribution in [1.82, 2.24) is 5.32 Å². The van der Waals surface area contributed by atoms with Crippen LogP contribution in [0.25, 0.3) is 0 Å². The number of carbonyl (C=O) groups is 2. The van der Waals surface area contributed by atoms with Crippen LogP contribution in [0.1, 0.15) is 25.6 Å². The van der Waals surface area contributed by atoms with Crippen molar-refractivity contribution in [2.24, 2.45) is 0 Å². The molecule has 2 amide bonds. The largest absolute Gasteiger partial charge is 0.374 e. The second kappa shape index (κ2) is 8.60. The first kappa shape index (κ1) is 20.8. The Bertz CT molecular complexity index is 1000. The Morgan fingerprint density at radius 3 is 2.75 bits per heavy atom. The summed E-state index contributed by atoms with van der Waals surface area (Å²) in [7, 11) is -3.12. The van der Waals surface area contributed by atoms with Crippen LogP contribution in [-0.4, -0.2) is 51.0 Å². The lowest BCUT2D eigenvalue weighted by Gasteiger charge is -2.22. The standard InChI is InChI=1S/C18H19ClN2O5S2/c1-11-8-15(21-17(22)13-4-2-3-5-14(13)19)27-16(11)18(23)20-9-12-10-28(24,25)7-6-26-12/h2-5,8,12H,6-7,9-10H2,1H3,(H,20,23)(H,21,22)/t12-/m1/s1. The van der Waals surface area contributed by atoms with Gasteiger partial charge in [-0.1, -0.05) is 23.7 Å². The molecule has 0 aliphatic carbocycles. The van der Waals surface area contributed by atoms with E-state index >= 15 is 0 Å². The number of sulfone groups is 1. The molecule has 0 spiro atoms. The van der Waals surface area contributed by atoms with Gasteiger partial charge in [0.1, 0.15) is 0 Å². The van der Waals surface area contributed by atoms with Crippen LogP contribution in [0.3, 0.4) is 0 Å². The van der Waals surface area contributed by atoms with Gasteiger partial charge < -0.3 is 15.4 Å². The zero-order valence-electron chi connectivity index (χ0n) is 15.0. The lowest BCUT2D eigenvalue weighted by Crippen LogP contribution is -2.42. The van der Waals surface area contributed by atoms with E-state index in [1.54, 1.807) is 37.3 Å². The van der Waals surface area contributed by atoms with E-state index in [2.05, 4.69) is 10.6 Å². The molecule has 28 heavy (non-hydrogen) atoms. The quantitative estimate of drug-likeness (QED) is 0.740. The SMILES string of the molecule is Cc1cc(NC(=O)c2ccccc2Cl)sc1C(=O)NC[C@@H]1CS(=O)(=O)CCO1. The van der Waals surface area contributed by atoms with Crippen LogP contribution in [0.5, 0.6) is 0 Å². The first-order chi connectivity index (χ1) is 13.2.